The second-order valence-corrected chi connectivity index (χ2v) is 4.43. The normalized spacial score (nSPS) is 20.1. The van der Waals surface area contributed by atoms with Crippen molar-refractivity contribution in [2.24, 2.45) is 0 Å². The Morgan fingerprint density at radius 2 is 2.31 bits per heavy atom. The number of rotatable bonds is 3. The molecule has 1 aromatic carbocycles. The molecule has 0 aromatic heterocycles. The van der Waals surface area contributed by atoms with Crippen LogP contribution in [0.4, 0.5) is 4.39 Å². The second kappa shape index (κ2) is 4.83. The molecule has 2 rings (SSSR count). The van der Waals surface area contributed by atoms with Crippen LogP contribution in [0.5, 0.6) is 5.75 Å². The highest BCUT2D eigenvalue weighted by Crippen LogP contribution is 2.24. The SMILES string of the molecule is COc1c(C)cc(CC2CCCN2)cc1F. The minimum absolute atomic E-state index is 0.254. The van der Waals surface area contributed by atoms with Crippen LogP contribution in [0, 0.1) is 12.7 Å². The van der Waals surface area contributed by atoms with Crippen molar-refractivity contribution in [2.75, 3.05) is 13.7 Å². The Morgan fingerprint density at radius 3 is 2.88 bits per heavy atom. The molecular formula is C13H18FNO. The summed E-state index contributed by atoms with van der Waals surface area (Å²) in [5, 5.41) is 3.42. The second-order valence-electron chi connectivity index (χ2n) is 4.43. The molecule has 0 radical (unpaired) electrons. The predicted octanol–water partition coefficient (Wildman–Crippen LogP) is 2.44. The first-order chi connectivity index (χ1) is 7.70. The minimum Gasteiger partial charge on any atom is -0.493 e. The summed E-state index contributed by atoms with van der Waals surface area (Å²) in [6, 6.07) is 4.11. The average Bonchev–Trinajstić information content (AvgIpc) is 2.70. The van der Waals surface area contributed by atoms with Gasteiger partial charge in [-0.15, -0.1) is 0 Å². The predicted molar refractivity (Wildman–Crippen MR) is 62.4 cm³/mol. The van der Waals surface area contributed by atoms with Crippen LogP contribution in [0.3, 0.4) is 0 Å². The lowest BCUT2D eigenvalue weighted by Crippen LogP contribution is -2.23. The van der Waals surface area contributed by atoms with Crippen molar-refractivity contribution < 1.29 is 9.13 Å². The Labute approximate surface area is 95.8 Å². The highest BCUT2D eigenvalue weighted by Gasteiger charge is 2.16. The molecule has 0 bridgehead atoms. The van der Waals surface area contributed by atoms with Gasteiger partial charge in [0.25, 0.3) is 0 Å². The van der Waals surface area contributed by atoms with Gasteiger partial charge >= 0.3 is 0 Å². The lowest BCUT2D eigenvalue weighted by Gasteiger charge is -2.13. The fraction of sp³-hybridized carbons (Fsp3) is 0.538. The molecular weight excluding hydrogens is 205 g/mol. The Hall–Kier alpha value is -1.09. The molecule has 1 atom stereocenters. The van der Waals surface area contributed by atoms with E-state index in [9.17, 15) is 4.39 Å². The van der Waals surface area contributed by atoms with E-state index in [2.05, 4.69) is 5.32 Å². The Bertz CT molecular complexity index is 349. The van der Waals surface area contributed by atoms with Crippen LogP contribution in [0.15, 0.2) is 12.1 Å². The molecule has 1 unspecified atom stereocenters. The number of halogens is 1. The van der Waals surface area contributed by atoms with Gasteiger partial charge in [0, 0.05) is 6.04 Å². The summed E-state index contributed by atoms with van der Waals surface area (Å²) in [6.45, 7) is 2.97. The minimum atomic E-state index is -0.254. The zero-order valence-corrected chi connectivity index (χ0v) is 9.85. The van der Waals surface area contributed by atoms with Crippen LogP contribution < -0.4 is 10.1 Å². The molecule has 0 saturated carbocycles. The molecule has 0 amide bonds. The van der Waals surface area contributed by atoms with Gasteiger partial charge in [-0.2, -0.15) is 0 Å². The zero-order valence-electron chi connectivity index (χ0n) is 9.85. The quantitative estimate of drug-likeness (QED) is 0.849. The van der Waals surface area contributed by atoms with Crippen molar-refractivity contribution in [3.05, 3.63) is 29.1 Å². The van der Waals surface area contributed by atoms with E-state index in [4.69, 9.17) is 4.74 Å². The first kappa shape index (κ1) is 11.4. The lowest BCUT2D eigenvalue weighted by atomic mass is 10.0. The van der Waals surface area contributed by atoms with E-state index in [-0.39, 0.29) is 5.82 Å². The number of methoxy groups -OCH3 is 1. The van der Waals surface area contributed by atoms with Crippen molar-refractivity contribution in [1.29, 1.82) is 0 Å². The summed E-state index contributed by atoms with van der Waals surface area (Å²) >= 11 is 0. The Kier molecular flexibility index (Phi) is 3.44. The smallest absolute Gasteiger partial charge is 0.165 e. The van der Waals surface area contributed by atoms with Crippen LogP contribution >= 0.6 is 0 Å². The molecule has 0 aliphatic carbocycles. The first-order valence-electron chi connectivity index (χ1n) is 5.77. The summed E-state index contributed by atoms with van der Waals surface area (Å²) in [5.41, 5.74) is 1.92. The van der Waals surface area contributed by atoms with E-state index >= 15 is 0 Å². The van der Waals surface area contributed by atoms with E-state index in [1.165, 1.54) is 20.0 Å². The van der Waals surface area contributed by atoms with E-state index in [1.54, 1.807) is 6.07 Å². The molecule has 1 N–H and O–H groups in total. The largest absolute Gasteiger partial charge is 0.493 e. The summed E-state index contributed by atoms with van der Waals surface area (Å²) in [4.78, 5) is 0. The molecule has 1 aromatic rings. The van der Waals surface area contributed by atoms with Gasteiger partial charge in [-0.05, 0) is 49.9 Å². The highest BCUT2D eigenvalue weighted by molar-refractivity contribution is 5.38. The van der Waals surface area contributed by atoms with Gasteiger partial charge in [-0.25, -0.2) is 4.39 Å². The third kappa shape index (κ3) is 2.35. The van der Waals surface area contributed by atoms with E-state index in [1.807, 2.05) is 13.0 Å². The Morgan fingerprint density at radius 1 is 1.50 bits per heavy atom. The maximum absolute atomic E-state index is 13.6. The summed E-state index contributed by atoms with van der Waals surface area (Å²) in [5.74, 6) is 0.110. The zero-order chi connectivity index (χ0) is 11.5. The van der Waals surface area contributed by atoms with E-state index < -0.39 is 0 Å². The number of benzene rings is 1. The van der Waals surface area contributed by atoms with Crippen LogP contribution in [-0.4, -0.2) is 19.7 Å². The van der Waals surface area contributed by atoms with Crippen molar-refractivity contribution in [2.45, 2.75) is 32.2 Å². The standard InChI is InChI=1S/C13H18FNO/c1-9-6-10(7-11-4-3-5-15-11)8-12(14)13(9)16-2/h6,8,11,15H,3-5,7H2,1-2H3. The lowest BCUT2D eigenvalue weighted by molar-refractivity contribution is 0.383. The fourth-order valence-corrected chi connectivity index (χ4v) is 2.39. The molecule has 1 aliphatic rings. The van der Waals surface area contributed by atoms with Gasteiger partial charge in [0.15, 0.2) is 11.6 Å². The van der Waals surface area contributed by atoms with Crippen molar-refractivity contribution >= 4 is 0 Å². The molecule has 1 aliphatic heterocycles. The summed E-state index contributed by atoms with van der Waals surface area (Å²) in [6.07, 6.45) is 3.32. The number of hydrogen-bond donors (Lipinski definition) is 1. The number of hydrogen-bond acceptors (Lipinski definition) is 2. The molecule has 1 heterocycles. The monoisotopic (exact) mass is 223 g/mol. The topological polar surface area (TPSA) is 21.3 Å². The maximum Gasteiger partial charge on any atom is 0.165 e. The molecule has 88 valence electrons. The van der Waals surface area contributed by atoms with Crippen molar-refractivity contribution in [3.8, 4) is 5.75 Å². The van der Waals surface area contributed by atoms with Gasteiger partial charge in [0.05, 0.1) is 7.11 Å². The van der Waals surface area contributed by atoms with E-state index in [0.717, 1.165) is 24.1 Å². The summed E-state index contributed by atoms with van der Waals surface area (Å²) in [7, 11) is 1.50. The van der Waals surface area contributed by atoms with Crippen LogP contribution in [0.25, 0.3) is 0 Å². The van der Waals surface area contributed by atoms with Gasteiger partial charge in [-0.3, -0.25) is 0 Å². The molecule has 0 spiro atoms. The molecule has 3 heteroatoms. The third-order valence-electron chi connectivity index (χ3n) is 3.14. The molecule has 16 heavy (non-hydrogen) atoms. The highest BCUT2D eigenvalue weighted by atomic mass is 19.1. The van der Waals surface area contributed by atoms with Crippen molar-refractivity contribution in [3.63, 3.8) is 0 Å². The molecule has 1 saturated heterocycles. The van der Waals surface area contributed by atoms with Gasteiger partial charge in [0.1, 0.15) is 0 Å². The number of aryl methyl sites for hydroxylation is 1. The fourth-order valence-electron chi connectivity index (χ4n) is 2.39. The van der Waals surface area contributed by atoms with E-state index in [0.29, 0.717) is 11.8 Å². The first-order valence-corrected chi connectivity index (χ1v) is 5.77. The molecule has 1 fully saturated rings. The van der Waals surface area contributed by atoms with Gasteiger partial charge in [0.2, 0.25) is 0 Å². The molecule has 2 nitrogen and oxygen atoms in total. The Balaban J connectivity index is 2.15. The van der Waals surface area contributed by atoms with Gasteiger partial charge < -0.3 is 10.1 Å². The third-order valence-corrected chi connectivity index (χ3v) is 3.14. The summed E-state index contributed by atoms with van der Waals surface area (Å²) < 4.78 is 18.6. The van der Waals surface area contributed by atoms with Crippen LogP contribution in [0.1, 0.15) is 24.0 Å². The van der Waals surface area contributed by atoms with Crippen LogP contribution in [-0.2, 0) is 6.42 Å². The van der Waals surface area contributed by atoms with Crippen molar-refractivity contribution in [1.82, 2.24) is 5.32 Å². The number of ether oxygens (including phenoxy) is 1. The van der Waals surface area contributed by atoms with Crippen LogP contribution in [0.2, 0.25) is 0 Å². The van der Waals surface area contributed by atoms with Gasteiger partial charge in [-0.1, -0.05) is 6.07 Å². The average molecular weight is 223 g/mol. The number of nitrogens with one attached hydrogen (secondary N) is 1. The maximum atomic E-state index is 13.6.